The van der Waals surface area contributed by atoms with Gasteiger partial charge in [-0.1, -0.05) is 6.42 Å². The first-order chi connectivity index (χ1) is 17.6. The van der Waals surface area contributed by atoms with Gasteiger partial charge in [0.15, 0.2) is 0 Å². The quantitative estimate of drug-likeness (QED) is 0.0568. The minimum atomic E-state index is -0.646. The van der Waals surface area contributed by atoms with Crippen molar-refractivity contribution in [2.24, 2.45) is 5.73 Å². The number of nitrogens with two attached hydrogens (primary N) is 1. The van der Waals surface area contributed by atoms with Crippen LogP contribution >= 0.6 is 11.8 Å². The van der Waals surface area contributed by atoms with Gasteiger partial charge in [-0.05, 0) is 12.8 Å². The van der Waals surface area contributed by atoms with Crippen LogP contribution in [0.4, 0.5) is 0 Å². The maximum absolute atomic E-state index is 11.8. The first-order valence-corrected chi connectivity index (χ1v) is 12.5. The minimum Gasteiger partial charge on any atom is -0.369 e. The number of hydrogen-bond donors (Lipinski definition) is 6. The molecule has 8 amide bonds. The molecule has 7 N–H and O–H groups in total. The van der Waals surface area contributed by atoms with Crippen LogP contribution < -0.4 is 32.3 Å². The van der Waals surface area contributed by atoms with E-state index in [1.165, 1.54) is 12.2 Å². The predicted molar refractivity (Wildman–Crippen MR) is 131 cm³/mol. The molecule has 0 bridgehead atoms. The SMILES string of the molecule is NC(=O)CSCNC(=O)CNC(=O)CNC(=O)CNC(=O)CNC(=O)CCCCCN1C(=O)C=CC1=O. The van der Waals surface area contributed by atoms with Crippen molar-refractivity contribution in [2.75, 3.05) is 44.4 Å². The van der Waals surface area contributed by atoms with Crippen LogP contribution in [0.15, 0.2) is 12.2 Å². The standard InChI is InChI=1S/C21H31N7O8S/c22-14(29)12-37-13-27-19(34)11-26-18(33)10-25-17(32)9-24-16(31)8-23-15(30)4-2-1-3-7-28-20(35)5-6-21(28)36/h5-6H,1-4,7-13H2,(H2,22,29)(H,23,30)(H,24,31)(H,25,32)(H,26,33)(H,27,34). The summed E-state index contributed by atoms with van der Waals surface area (Å²) in [4.78, 5) is 93.0. The topological polar surface area (TPSA) is 226 Å². The number of unbranched alkanes of at least 4 members (excludes halogenated alkanes) is 2. The number of rotatable bonds is 18. The van der Waals surface area contributed by atoms with Crippen molar-refractivity contribution in [3.05, 3.63) is 12.2 Å². The van der Waals surface area contributed by atoms with Crippen LogP contribution in [0, 0.1) is 0 Å². The zero-order valence-electron chi connectivity index (χ0n) is 20.1. The second kappa shape index (κ2) is 17.5. The van der Waals surface area contributed by atoms with Crippen LogP contribution in [0.2, 0.25) is 0 Å². The average Bonchev–Trinajstić information content (AvgIpc) is 3.18. The van der Waals surface area contributed by atoms with Crippen LogP contribution in [0.5, 0.6) is 0 Å². The van der Waals surface area contributed by atoms with Crippen LogP contribution in [0.25, 0.3) is 0 Å². The van der Waals surface area contributed by atoms with Crippen LogP contribution in [-0.2, 0) is 38.4 Å². The van der Waals surface area contributed by atoms with E-state index in [9.17, 15) is 38.4 Å². The summed E-state index contributed by atoms with van der Waals surface area (Å²) in [5.41, 5.74) is 4.96. The zero-order valence-corrected chi connectivity index (χ0v) is 20.9. The molecule has 204 valence electrons. The molecular weight excluding hydrogens is 510 g/mol. The van der Waals surface area contributed by atoms with Crippen molar-refractivity contribution < 1.29 is 38.4 Å². The largest absolute Gasteiger partial charge is 0.369 e. The Kier molecular flexibility index (Phi) is 14.7. The number of thioether (sulfide) groups is 1. The monoisotopic (exact) mass is 541 g/mol. The lowest BCUT2D eigenvalue weighted by Crippen LogP contribution is -2.45. The predicted octanol–water partition coefficient (Wildman–Crippen LogP) is -3.77. The normalized spacial score (nSPS) is 12.2. The number of carbonyl (C=O) groups is 8. The molecule has 0 spiro atoms. The number of amides is 8. The summed E-state index contributed by atoms with van der Waals surface area (Å²) < 4.78 is 0. The van der Waals surface area contributed by atoms with Gasteiger partial charge in [0.2, 0.25) is 35.4 Å². The number of hydrogen-bond acceptors (Lipinski definition) is 9. The summed E-state index contributed by atoms with van der Waals surface area (Å²) in [6, 6.07) is 0. The third-order valence-electron chi connectivity index (χ3n) is 4.59. The Labute approximate surface area is 217 Å². The van der Waals surface area contributed by atoms with Crippen molar-refractivity contribution in [2.45, 2.75) is 25.7 Å². The molecule has 1 aliphatic rings. The van der Waals surface area contributed by atoms with Crippen molar-refractivity contribution in [1.29, 1.82) is 0 Å². The van der Waals surface area contributed by atoms with Gasteiger partial charge in [-0.15, -0.1) is 11.8 Å². The van der Waals surface area contributed by atoms with Gasteiger partial charge in [-0.25, -0.2) is 0 Å². The van der Waals surface area contributed by atoms with Crippen molar-refractivity contribution in [3.8, 4) is 0 Å². The Bertz CT molecular complexity index is 907. The van der Waals surface area contributed by atoms with Gasteiger partial charge in [0, 0.05) is 25.1 Å². The molecule has 0 aromatic carbocycles. The molecule has 16 heteroatoms. The second-order valence-electron chi connectivity index (χ2n) is 7.64. The molecule has 1 heterocycles. The lowest BCUT2D eigenvalue weighted by molar-refractivity contribution is -0.137. The molecule has 15 nitrogen and oxygen atoms in total. The molecule has 1 aliphatic heterocycles. The number of imide groups is 1. The van der Waals surface area contributed by atoms with E-state index in [1.54, 1.807) is 0 Å². The van der Waals surface area contributed by atoms with E-state index < -0.39 is 42.6 Å². The summed E-state index contributed by atoms with van der Waals surface area (Å²) in [5, 5.41) is 11.7. The Morgan fingerprint density at radius 2 is 1.14 bits per heavy atom. The third-order valence-corrected chi connectivity index (χ3v) is 5.42. The second-order valence-corrected chi connectivity index (χ2v) is 8.62. The summed E-state index contributed by atoms with van der Waals surface area (Å²) in [6.45, 7) is -1.19. The van der Waals surface area contributed by atoms with Crippen molar-refractivity contribution >= 4 is 59.0 Å². The highest BCUT2D eigenvalue weighted by atomic mass is 32.2. The van der Waals surface area contributed by atoms with Gasteiger partial charge >= 0.3 is 0 Å². The zero-order chi connectivity index (χ0) is 27.6. The van der Waals surface area contributed by atoms with Gasteiger partial charge < -0.3 is 32.3 Å². The molecule has 37 heavy (non-hydrogen) atoms. The summed E-state index contributed by atoms with van der Waals surface area (Å²) in [6.07, 6.45) is 4.27. The van der Waals surface area contributed by atoms with E-state index in [-0.39, 0.29) is 55.4 Å². The fourth-order valence-electron chi connectivity index (χ4n) is 2.72. The van der Waals surface area contributed by atoms with Gasteiger partial charge in [0.05, 0.1) is 37.8 Å². The van der Waals surface area contributed by atoms with E-state index in [0.717, 1.165) is 16.7 Å². The van der Waals surface area contributed by atoms with Crippen molar-refractivity contribution in [1.82, 2.24) is 31.5 Å². The Morgan fingerprint density at radius 3 is 1.62 bits per heavy atom. The Balaban J connectivity index is 2.03. The van der Waals surface area contributed by atoms with E-state index in [2.05, 4.69) is 26.6 Å². The van der Waals surface area contributed by atoms with Crippen LogP contribution in [-0.4, -0.2) is 96.5 Å². The Morgan fingerprint density at radius 1 is 0.676 bits per heavy atom. The Hall–Kier alpha value is -3.95. The summed E-state index contributed by atoms with van der Waals surface area (Å²) in [7, 11) is 0. The molecule has 0 saturated heterocycles. The van der Waals surface area contributed by atoms with Gasteiger partial charge in [0.25, 0.3) is 11.8 Å². The van der Waals surface area contributed by atoms with Crippen LogP contribution in [0.1, 0.15) is 25.7 Å². The van der Waals surface area contributed by atoms with Crippen molar-refractivity contribution in [3.63, 3.8) is 0 Å². The smallest absolute Gasteiger partial charge is 0.253 e. The molecule has 0 aliphatic carbocycles. The fourth-order valence-corrected chi connectivity index (χ4v) is 3.29. The van der Waals surface area contributed by atoms with E-state index >= 15 is 0 Å². The maximum Gasteiger partial charge on any atom is 0.253 e. The van der Waals surface area contributed by atoms with E-state index in [0.29, 0.717) is 19.3 Å². The average molecular weight is 542 g/mol. The molecule has 0 radical (unpaired) electrons. The highest BCUT2D eigenvalue weighted by molar-refractivity contribution is 7.99. The first kappa shape index (κ1) is 31.1. The fraction of sp³-hybridized carbons (Fsp3) is 0.524. The molecule has 0 unspecified atom stereocenters. The third kappa shape index (κ3) is 14.9. The summed E-state index contributed by atoms with van der Waals surface area (Å²) >= 11 is 1.10. The van der Waals surface area contributed by atoms with Crippen LogP contribution in [0.3, 0.4) is 0 Å². The molecule has 0 aromatic heterocycles. The molecule has 0 atom stereocenters. The highest BCUT2D eigenvalue weighted by Gasteiger charge is 2.22. The molecular formula is C21H31N7O8S. The van der Waals surface area contributed by atoms with E-state index in [1.807, 2.05) is 0 Å². The number of nitrogens with zero attached hydrogens (tertiary/aromatic N) is 1. The van der Waals surface area contributed by atoms with Gasteiger partial charge in [-0.2, -0.15) is 0 Å². The lowest BCUT2D eigenvalue weighted by atomic mass is 10.2. The first-order valence-electron chi connectivity index (χ1n) is 11.3. The highest BCUT2D eigenvalue weighted by Crippen LogP contribution is 2.07. The number of carbonyl (C=O) groups excluding carboxylic acids is 8. The summed E-state index contributed by atoms with van der Waals surface area (Å²) in [5.74, 6) is -3.72. The lowest BCUT2D eigenvalue weighted by Gasteiger charge is -2.13. The number of primary amides is 1. The molecule has 0 aromatic rings. The molecule has 0 fully saturated rings. The minimum absolute atomic E-state index is 0.0503. The molecule has 1 rings (SSSR count). The number of nitrogens with one attached hydrogen (secondary N) is 5. The van der Waals surface area contributed by atoms with E-state index in [4.69, 9.17) is 5.73 Å². The van der Waals surface area contributed by atoms with Gasteiger partial charge in [0.1, 0.15) is 0 Å². The molecule has 0 saturated carbocycles. The maximum atomic E-state index is 11.8. The van der Waals surface area contributed by atoms with Gasteiger partial charge in [-0.3, -0.25) is 43.3 Å².